The van der Waals surface area contributed by atoms with Gasteiger partial charge >= 0.3 is 0 Å². The van der Waals surface area contributed by atoms with E-state index < -0.39 is 0 Å². The van der Waals surface area contributed by atoms with Gasteiger partial charge in [0.2, 0.25) is 5.95 Å². The van der Waals surface area contributed by atoms with Crippen LogP contribution >= 0.6 is 0 Å². The smallest absolute Gasteiger partial charge is 0.245 e. The summed E-state index contributed by atoms with van der Waals surface area (Å²) >= 11 is 0. The van der Waals surface area contributed by atoms with Crippen LogP contribution in [0.4, 0.5) is 5.95 Å². The van der Waals surface area contributed by atoms with Crippen molar-refractivity contribution in [1.29, 1.82) is 0 Å². The molecule has 0 saturated heterocycles. The van der Waals surface area contributed by atoms with Gasteiger partial charge in [0, 0.05) is 26.2 Å². The van der Waals surface area contributed by atoms with Gasteiger partial charge in [0.25, 0.3) is 0 Å². The normalized spacial score (nSPS) is 25.7. The van der Waals surface area contributed by atoms with Crippen molar-refractivity contribution in [2.45, 2.75) is 37.8 Å². The van der Waals surface area contributed by atoms with Gasteiger partial charge in [-0.3, -0.25) is 0 Å². The molecule has 6 heteroatoms. The molecule has 0 amide bonds. The van der Waals surface area contributed by atoms with Crippen LogP contribution in [-0.2, 0) is 7.05 Å². The molecular formula is C10H20N6. The number of anilines is 1. The van der Waals surface area contributed by atoms with Crippen molar-refractivity contribution in [3.05, 3.63) is 0 Å². The largest absolute Gasteiger partial charge is 0.340 e. The van der Waals surface area contributed by atoms with Gasteiger partial charge in [-0.15, -0.1) is 0 Å². The minimum atomic E-state index is 0.564. The van der Waals surface area contributed by atoms with E-state index in [2.05, 4.69) is 32.8 Å². The second-order valence-corrected chi connectivity index (χ2v) is 4.51. The molecule has 1 saturated carbocycles. The van der Waals surface area contributed by atoms with Crippen LogP contribution < -0.4 is 10.2 Å². The van der Waals surface area contributed by atoms with Crippen molar-refractivity contribution in [3.8, 4) is 0 Å². The highest BCUT2D eigenvalue weighted by Crippen LogP contribution is 2.24. The summed E-state index contributed by atoms with van der Waals surface area (Å²) in [7, 11) is 6.00. The lowest BCUT2D eigenvalue weighted by molar-refractivity contribution is 0.348. The van der Waals surface area contributed by atoms with Crippen molar-refractivity contribution >= 4 is 5.95 Å². The summed E-state index contributed by atoms with van der Waals surface area (Å²) in [6, 6.07) is 1.25. The number of aryl methyl sites for hydroxylation is 1. The average molecular weight is 224 g/mol. The fraction of sp³-hybridized carbons (Fsp3) is 0.900. The first-order valence-corrected chi connectivity index (χ1v) is 5.85. The van der Waals surface area contributed by atoms with Crippen molar-refractivity contribution < 1.29 is 0 Å². The van der Waals surface area contributed by atoms with Gasteiger partial charge < -0.3 is 10.2 Å². The molecule has 1 fully saturated rings. The standard InChI is InChI=1S/C10H20N6/c1-11-8-4-6-9(7-5-8)15(2)10-12-13-14-16(10)3/h8-9,11H,4-7H2,1-3H3. The molecule has 0 radical (unpaired) electrons. The summed E-state index contributed by atoms with van der Waals surface area (Å²) < 4.78 is 1.73. The number of nitrogens with one attached hydrogen (secondary N) is 1. The van der Waals surface area contributed by atoms with Gasteiger partial charge in [-0.25, -0.2) is 4.68 Å². The fourth-order valence-electron chi connectivity index (χ4n) is 2.44. The van der Waals surface area contributed by atoms with Crippen LogP contribution in [0.25, 0.3) is 0 Å². The van der Waals surface area contributed by atoms with E-state index >= 15 is 0 Å². The summed E-state index contributed by atoms with van der Waals surface area (Å²) in [4.78, 5) is 2.20. The topological polar surface area (TPSA) is 58.9 Å². The Bertz CT molecular complexity index is 328. The summed E-state index contributed by atoms with van der Waals surface area (Å²) in [5.41, 5.74) is 0. The van der Waals surface area contributed by atoms with Gasteiger partial charge in [0.1, 0.15) is 0 Å². The van der Waals surface area contributed by atoms with E-state index in [0.717, 1.165) is 5.95 Å². The Hall–Kier alpha value is -1.17. The third kappa shape index (κ3) is 2.16. The summed E-state index contributed by atoms with van der Waals surface area (Å²) in [6.45, 7) is 0. The van der Waals surface area contributed by atoms with Gasteiger partial charge in [0.05, 0.1) is 0 Å². The molecular weight excluding hydrogens is 204 g/mol. The molecule has 0 unspecified atom stereocenters. The Morgan fingerprint density at radius 3 is 2.50 bits per heavy atom. The molecule has 1 aromatic heterocycles. The number of nitrogens with zero attached hydrogens (tertiary/aromatic N) is 5. The van der Waals surface area contributed by atoms with Crippen molar-refractivity contribution in [2.75, 3.05) is 19.0 Å². The predicted molar refractivity (Wildman–Crippen MR) is 62.3 cm³/mol. The highest BCUT2D eigenvalue weighted by molar-refractivity contribution is 5.28. The maximum Gasteiger partial charge on any atom is 0.245 e. The molecule has 0 aliphatic heterocycles. The molecule has 2 rings (SSSR count). The van der Waals surface area contributed by atoms with Gasteiger partial charge in [-0.05, 0) is 43.2 Å². The molecule has 0 aromatic carbocycles. The third-order valence-corrected chi connectivity index (χ3v) is 3.57. The monoisotopic (exact) mass is 224 g/mol. The van der Waals surface area contributed by atoms with Crippen LogP contribution in [0.3, 0.4) is 0 Å². The SMILES string of the molecule is CNC1CCC(N(C)c2nnnn2C)CC1. The van der Waals surface area contributed by atoms with Crippen LogP contribution in [0, 0.1) is 0 Å². The number of hydrogen-bond donors (Lipinski definition) is 1. The first kappa shape index (κ1) is 11.3. The van der Waals surface area contributed by atoms with Crippen LogP contribution in [0.2, 0.25) is 0 Å². The van der Waals surface area contributed by atoms with E-state index in [1.54, 1.807) is 4.68 Å². The number of rotatable bonds is 3. The van der Waals surface area contributed by atoms with Crippen LogP contribution in [-0.4, -0.2) is 46.4 Å². The molecule has 1 aromatic rings. The third-order valence-electron chi connectivity index (χ3n) is 3.57. The lowest BCUT2D eigenvalue weighted by atomic mass is 9.90. The Morgan fingerprint density at radius 1 is 1.31 bits per heavy atom. The maximum absolute atomic E-state index is 4.04. The fourth-order valence-corrected chi connectivity index (χ4v) is 2.44. The van der Waals surface area contributed by atoms with Gasteiger partial charge in [-0.2, -0.15) is 0 Å². The zero-order valence-electron chi connectivity index (χ0n) is 10.2. The first-order chi connectivity index (χ1) is 7.72. The zero-order valence-corrected chi connectivity index (χ0v) is 10.2. The second-order valence-electron chi connectivity index (χ2n) is 4.51. The molecule has 1 aliphatic rings. The molecule has 16 heavy (non-hydrogen) atoms. The van der Waals surface area contributed by atoms with Crippen LogP contribution in [0.1, 0.15) is 25.7 Å². The van der Waals surface area contributed by atoms with E-state index in [0.29, 0.717) is 12.1 Å². The Labute approximate surface area is 96.0 Å². The Kier molecular flexibility index (Phi) is 3.38. The highest BCUT2D eigenvalue weighted by atomic mass is 15.6. The van der Waals surface area contributed by atoms with E-state index in [1.165, 1.54) is 25.7 Å². The quantitative estimate of drug-likeness (QED) is 0.793. The number of aromatic nitrogens is 4. The average Bonchev–Trinajstić information content (AvgIpc) is 2.75. The first-order valence-electron chi connectivity index (χ1n) is 5.85. The van der Waals surface area contributed by atoms with Crippen molar-refractivity contribution in [2.24, 2.45) is 7.05 Å². The molecule has 1 heterocycles. The maximum atomic E-state index is 4.04. The van der Waals surface area contributed by atoms with E-state index in [-0.39, 0.29) is 0 Å². The number of tetrazole rings is 1. The Balaban J connectivity index is 1.97. The molecule has 1 N–H and O–H groups in total. The van der Waals surface area contributed by atoms with E-state index in [1.807, 2.05) is 14.1 Å². The Morgan fingerprint density at radius 2 is 2.00 bits per heavy atom. The predicted octanol–water partition coefficient (Wildman–Crippen LogP) is 0.177. The molecule has 90 valence electrons. The summed E-state index contributed by atoms with van der Waals surface area (Å²) in [6.07, 6.45) is 4.87. The molecule has 6 nitrogen and oxygen atoms in total. The van der Waals surface area contributed by atoms with Gasteiger partial charge in [0.15, 0.2) is 0 Å². The minimum Gasteiger partial charge on any atom is -0.340 e. The van der Waals surface area contributed by atoms with Crippen molar-refractivity contribution in [1.82, 2.24) is 25.5 Å². The lowest BCUT2D eigenvalue weighted by Gasteiger charge is -2.34. The van der Waals surface area contributed by atoms with E-state index in [4.69, 9.17) is 0 Å². The van der Waals surface area contributed by atoms with Crippen LogP contribution in [0.15, 0.2) is 0 Å². The molecule has 0 spiro atoms. The van der Waals surface area contributed by atoms with E-state index in [9.17, 15) is 0 Å². The highest BCUT2D eigenvalue weighted by Gasteiger charge is 2.25. The summed E-state index contributed by atoms with van der Waals surface area (Å²) in [5, 5.41) is 14.9. The van der Waals surface area contributed by atoms with Crippen LogP contribution in [0.5, 0.6) is 0 Å². The molecule has 0 atom stereocenters. The van der Waals surface area contributed by atoms with Crippen molar-refractivity contribution in [3.63, 3.8) is 0 Å². The second kappa shape index (κ2) is 4.78. The molecule has 1 aliphatic carbocycles. The number of hydrogen-bond acceptors (Lipinski definition) is 5. The zero-order chi connectivity index (χ0) is 11.5. The van der Waals surface area contributed by atoms with Gasteiger partial charge in [-0.1, -0.05) is 5.10 Å². The summed E-state index contributed by atoms with van der Waals surface area (Å²) in [5.74, 6) is 0.855. The minimum absolute atomic E-state index is 0.564. The molecule has 0 bridgehead atoms. The lowest BCUT2D eigenvalue weighted by Crippen LogP contribution is -2.40.